The van der Waals surface area contributed by atoms with Gasteiger partial charge in [-0.05, 0) is 0 Å². The molecule has 0 saturated heterocycles. The quantitative estimate of drug-likeness (QED) is 0.274. The van der Waals surface area contributed by atoms with Crippen LogP contribution in [0.3, 0.4) is 0 Å². The van der Waals surface area contributed by atoms with E-state index in [9.17, 15) is 5.21 Å². The Bertz CT molecular complexity index is 423. The van der Waals surface area contributed by atoms with Crippen molar-refractivity contribution in [3.05, 3.63) is 18.3 Å². The van der Waals surface area contributed by atoms with Crippen molar-refractivity contribution in [2.75, 3.05) is 0 Å². The van der Waals surface area contributed by atoms with Gasteiger partial charge in [0.1, 0.15) is 24.0 Å². The van der Waals surface area contributed by atoms with Gasteiger partial charge in [-0.2, -0.15) is 4.73 Å². The van der Waals surface area contributed by atoms with E-state index in [1.165, 1.54) is 6.33 Å². The Morgan fingerprint density at radius 1 is 1.38 bits per heavy atom. The smallest absolute Gasteiger partial charge is 0.199 e. The predicted octanol–water partition coefficient (Wildman–Crippen LogP) is -0.177. The van der Waals surface area contributed by atoms with E-state index in [4.69, 9.17) is 5.21 Å². The first-order valence-corrected chi connectivity index (χ1v) is 3.37. The lowest BCUT2D eigenvalue weighted by Gasteiger charge is -2.02. The van der Waals surface area contributed by atoms with E-state index < -0.39 is 0 Å². The first-order chi connectivity index (χ1) is 6.33. The normalized spacial score (nSPS) is 11.4. The van der Waals surface area contributed by atoms with E-state index in [2.05, 4.69) is 20.1 Å². The van der Waals surface area contributed by atoms with Crippen molar-refractivity contribution in [3.8, 4) is 11.5 Å². The molecule has 7 nitrogen and oxygen atoms in total. The topological polar surface area (TPSA) is 96.4 Å². The Morgan fingerprint density at radius 2 is 2.23 bits per heavy atom. The zero-order valence-corrected chi connectivity index (χ0v) is 6.36. The second kappa shape index (κ2) is 2.70. The van der Waals surface area contributed by atoms with Crippen molar-refractivity contribution in [1.82, 2.24) is 19.7 Å². The van der Waals surface area contributed by atoms with Gasteiger partial charge in [-0.1, -0.05) is 5.16 Å². The highest BCUT2D eigenvalue weighted by Gasteiger charge is 2.14. The molecule has 7 heteroatoms. The molecule has 0 spiro atoms. The number of fused-ring (bicyclic) bond motifs is 1. The molecule has 2 aliphatic heterocycles. The molecular weight excluding hydrogens is 174 g/mol. The fourth-order valence-electron chi connectivity index (χ4n) is 0.990. The van der Waals surface area contributed by atoms with Crippen LogP contribution in [-0.4, -0.2) is 36.3 Å². The van der Waals surface area contributed by atoms with Crippen LogP contribution in [0.5, 0.6) is 0 Å². The van der Waals surface area contributed by atoms with Gasteiger partial charge in [0.15, 0.2) is 5.82 Å². The minimum absolute atomic E-state index is 0.268. The molecule has 0 radical (unpaired) electrons. The molecule has 0 unspecified atom stereocenters. The lowest BCUT2D eigenvalue weighted by molar-refractivity contribution is 0.183. The molecule has 0 aromatic carbocycles. The maximum atomic E-state index is 9.20. The van der Waals surface area contributed by atoms with E-state index in [0.29, 0.717) is 11.4 Å². The van der Waals surface area contributed by atoms with E-state index in [1.54, 1.807) is 0 Å². The van der Waals surface area contributed by atoms with E-state index in [0.717, 1.165) is 17.3 Å². The average Bonchev–Trinajstić information content (AvgIpc) is 2.59. The van der Waals surface area contributed by atoms with Crippen LogP contribution in [0.15, 0.2) is 17.8 Å². The van der Waals surface area contributed by atoms with Crippen LogP contribution in [0, 0.1) is 0 Å². The Kier molecular flexibility index (Phi) is 1.55. The summed E-state index contributed by atoms with van der Waals surface area (Å²) in [5, 5.41) is 20.3. The molecule has 0 bridgehead atoms. The monoisotopic (exact) mass is 179 g/mol. The third-order valence-electron chi connectivity index (χ3n) is 1.52. The number of hydrogen-bond donors (Lipinski definition) is 2. The third-order valence-corrected chi connectivity index (χ3v) is 1.52. The van der Waals surface area contributed by atoms with E-state index in [1.807, 2.05) is 0 Å². The molecule has 2 N–H and O–H groups in total. The molecule has 0 aromatic heterocycles. The molecule has 0 aliphatic carbocycles. The Hall–Kier alpha value is -2.18. The van der Waals surface area contributed by atoms with Gasteiger partial charge in [0, 0.05) is 0 Å². The molecule has 0 aromatic rings. The number of rotatable bonds is 1. The van der Waals surface area contributed by atoms with E-state index >= 15 is 0 Å². The summed E-state index contributed by atoms with van der Waals surface area (Å²) in [6.45, 7) is 0. The summed E-state index contributed by atoms with van der Waals surface area (Å²) < 4.78 is 0.747. The van der Waals surface area contributed by atoms with Crippen LogP contribution in [0.2, 0.25) is 0 Å². The fraction of sp³-hybridized carbons (Fsp3) is 0. The predicted molar refractivity (Wildman–Crippen MR) is 41.0 cm³/mol. The lowest BCUT2D eigenvalue weighted by atomic mass is 10.3. The van der Waals surface area contributed by atoms with Crippen LogP contribution >= 0.6 is 0 Å². The van der Waals surface area contributed by atoms with Gasteiger partial charge in [0.25, 0.3) is 0 Å². The summed E-state index contributed by atoms with van der Waals surface area (Å²) in [6, 6.07) is 0. The molecule has 0 amide bonds. The standard InChI is InChI=1S/C6H5N5O2/c12-10-1-4-5-6(8-2-7-5)11(13)3-9-4/h1-3,12-13H/b10-1-. The Morgan fingerprint density at radius 3 is 3.00 bits per heavy atom. The zero-order valence-electron chi connectivity index (χ0n) is 6.36. The molecule has 0 atom stereocenters. The summed E-state index contributed by atoms with van der Waals surface area (Å²) in [7, 11) is 0. The largest absolute Gasteiger partial charge is 0.425 e. The molecular formula is C6H5N5O2. The minimum Gasteiger partial charge on any atom is -0.425 e. The Labute approximate surface area is 72.3 Å². The fourth-order valence-corrected chi connectivity index (χ4v) is 0.990. The third kappa shape index (κ3) is 1.06. The van der Waals surface area contributed by atoms with Crippen LogP contribution in [0.25, 0.3) is 11.5 Å². The first kappa shape index (κ1) is 7.47. The first-order valence-electron chi connectivity index (χ1n) is 3.37. The van der Waals surface area contributed by atoms with Gasteiger partial charge in [0.2, 0.25) is 0 Å². The minimum atomic E-state index is 0.268. The van der Waals surface area contributed by atoms with Crippen molar-refractivity contribution in [1.29, 1.82) is 0 Å². The maximum absolute atomic E-state index is 9.20. The summed E-state index contributed by atoms with van der Waals surface area (Å²) in [6.07, 6.45) is 3.55. The SMILES string of the molecule is O/N=C\c1ncn(O)c2ncnc1-2. The molecule has 0 saturated carbocycles. The Balaban J connectivity index is 2.67. The summed E-state index contributed by atoms with van der Waals surface area (Å²) >= 11 is 0. The summed E-state index contributed by atoms with van der Waals surface area (Å²) in [5.74, 6) is 0.268. The van der Waals surface area contributed by atoms with Crippen molar-refractivity contribution in [2.45, 2.75) is 0 Å². The van der Waals surface area contributed by atoms with Gasteiger partial charge in [-0.15, -0.1) is 0 Å². The summed E-state index contributed by atoms with van der Waals surface area (Å²) in [4.78, 5) is 11.4. The van der Waals surface area contributed by atoms with Crippen molar-refractivity contribution >= 4 is 6.21 Å². The molecule has 66 valence electrons. The highest BCUT2D eigenvalue weighted by Crippen LogP contribution is 2.16. The number of imidazole rings is 1. The van der Waals surface area contributed by atoms with Gasteiger partial charge in [-0.3, -0.25) is 0 Å². The van der Waals surface area contributed by atoms with Crippen LogP contribution in [0.4, 0.5) is 0 Å². The lowest BCUT2D eigenvalue weighted by Crippen LogP contribution is -2.04. The molecule has 2 aliphatic rings. The van der Waals surface area contributed by atoms with Gasteiger partial charge in [0.05, 0.1) is 6.21 Å². The maximum Gasteiger partial charge on any atom is 0.199 e. The number of hydrogen-bond acceptors (Lipinski definition) is 6. The highest BCUT2D eigenvalue weighted by molar-refractivity contribution is 5.84. The van der Waals surface area contributed by atoms with E-state index in [-0.39, 0.29) is 5.82 Å². The molecule has 13 heavy (non-hydrogen) atoms. The number of aromatic nitrogens is 4. The van der Waals surface area contributed by atoms with Crippen molar-refractivity contribution in [3.63, 3.8) is 0 Å². The van der Waals surface area contributed by atoms with Crippen LogP contribution < -0.4 is 0 Å². The van der Waals surface area contributed by atoms with Crippen molar-refractivity contribution in [2.24, 2.45) is 5.16 Å². The molecule has 2 rings (SSSR count). The highest BCUT2D eigenvalue weighted by atomic mass is 16.5. The second-order valence-electron chi connectivity index (χ2n) is 2.26. The van der Waals surface area contributed by atoms with Crippen molar-refractivity contribution < 1.29 is 10.4 Å². The second-order valence-corrected chi connectivity index (χ2v) is 2.26. The molecule has 2 heterocycles. The average molecular weight is 179 g/mol. The number of nitrogens with zero attached hydrogens (tertiary/aromatic N) is 5. The molecule has 0 fully saturated rings. The summed E-state index contributed by atoms with van der Waals surface area (Å²) in [5.41, 5.74) is 0.725. The van der Waals surface area contributed by atoms with Crippen LogP contribution in [-0.2, 0) is 0 Å². The van der Waals surface area contributed by atoms with Gasteiger partial charge in [-0.25, -0.2) is 15.0 Å². The van der Waals surface area contributed by atoms with Crippen LogP contribution in [0.1, 0.15) is 5.69 Å². The number of oxime groups is 1. The van der Waals surface area contributed by atoms with Gasteiger partial charge >= 0.3 is 0 Å². The van der Waals surface area contributed by atoms with Gasteiger partial charge < -0.3 is 10.4 Å². The zero-order chi connectivity index (χ0) is 9.26.